The van der Waals surface area contributed by atoms with E-state index >= 15 is 0 Å². The molecule has 2 aliphatic carbocycles. The lowest BCUT2D eigenvalue weighted by Gasteiger charge is -2.17. The van der Waals surface area contributed by atoms with Crippen molar-refractivity contribution in [3.05, 3.63) is 36.4 Å². The number of carbonyl (C=O) groups excluding carboxylic acids is 3. The Bertz CT molecular complexity index is 742. The summed E-state index contributed by atoms with van der Waals surface area (Å²) in [6, 6.07) is 7.12. The van der Waals surface area contributed by atoms with Crippen LogP contribution in [0.4, 0.5) is 5.69 Å². The molecule has 6 nitrogen and oxygen atoms in total. The first-order valence-corrected chi connectivity index (χ1v) is 8.56. The molecule has 2 fully saturated rings. The molecule has 3 amide bonds. The van der Waals surface area contributed by atoms with E-state index in [9.17, 15) is 14.4 Å². The van der Waals surface area contributed by atoms with Gasteiger partial charge in [0.2, 0.25) is 17.7 Å². The van der Waals surface area contributed by atoms with Crippen molar-refractivity contribution in [1.29, 1.82) is 0 Å². The molecule has 1 saturated carbocycles. The highest BCUT2D eigenvalue weighted by atomic mass is 16.5. The first-order chi connectivity index (χ1) is 12.1. The van der Waals surface area contributed by atoms with Crippen molar-refractivity contribution >= 4 is 23.4 Å². The zero-order valence-electron chi connectivity index (χ0n) is 14.0. The third-order valence-corrected chi connectivity index (χ3v) is 5.51. The van der Waals surface area contributed by atoms with Gasteiger partial charge in [0, 0.05) is 13.0 Å². The van der Waals surface area contributed by atoms with Crippen LogP contribution in [0, 0.1) is 23.7 Å². The number of nitrogens with one attached hydrogen (secondary N) is 1. The standard InChI is InChI=1S/C19H20N2O4/c1-25-14-5-3-2-4-13(14)20-15(22)8-9-21-18(23)16-11-6-7-12(10-11)17(16)19(21)24/h2-7,11-12,16-17H,8-10H2,1H3,(H,20,22)/t11-,12+,16-,17-/m0/s1. The number of hydrogen-bond acceptors (Lipinski definition) is 4. The van der Waals surface area contributed by atoms with Gasteiger partial charge in [0.1, 0.15) is 5.75 Å². The maximum atomic E-state index is 12.6. The van der Waals surface area contributed by atoms with Gasteiger partial charge in [0.05, 0.1) is 24.6 Å². The maximum absolute atomic E-state index is 12.6. The largest absolute Gasteiger partial charge is 0.495 e. The van der Waals surface area contributed by atoms with Gasteiger partial charge in [-0.15, -0.1) is 0 Å². The molecule has 6 heteroatoms. The number of amides is 3. The van der Waals surface area contributed by atoms with E-state index in [2.05, 4.69) is 17.5 Å². The van der Waals surface area contributed by atoms with Gasteiger partial charge in [-0.1, -0.05) is 24.3 Å². The van der Waals surface area contributed by atoms with E-state index < -0.39 is 0 Å². The summed E-state index contributed by atoms with van der Waals surface area (Å²) in [5.41, 5.74) is 0.577. The van der Waals surface area contributed by atoms with Gasteiger partial charge in [-0.05, 0) is 30.4 Å². The average Bonchev–Trinajstić information content (AvgIpc) is 3.28. The van der Waals surface area contributed by atoms with Crippen molar-refractivity contribution in [2.24, 2.45) is 23.7 Å². The van der Waals surface area contributed by atoms with Crippen molar-refractivity contribution in [2.45, 2.75) is 12.8 Å². The zero-order chi connectivity index (χ0) is 17.6. The van der Waals surface area contributed by atoms with Crippen LogP contribution < -0.4 is 10.1 Å². The molecule has 1 N–H and O–H groups in total. The molecule has 3 aliphatic rings. The van der Waals surface area contributed by atoms with E-state index in [4.69, 9.17) is 4.74 Å². The van der Waals surface area contributed by atoms with E-state index in [-0.39, 0.29) is 54.4 Å². The summed E-state index contributed by atoms with van der Waals surface area (Å²) >= 11 is 0. The lowest BCUT2D eigenvalue weighted by molar-refractivity contribution is -0.140. The van der Waals surface area contributed by atoms with E-state index in [1.54, 1.807) is 18.2 Å². The Kier molecular flexibility index (Phi) is 3.82. The molecule has 1 saturated heterocycles. The summed E-state index contributed by atoms with van der Waals surface area (Å²) in [5, 5.41) is 2.77. The Labute approximate surface area is 145 Å². The zero-order valence-corrected chi connectivity index (χ0v) is 14.0. The number of likely N-dealkylation sites (tertiary alicyclic amines) is 1. The van der Waals surface area contributed by atoms with Crippen LogP contribution >= 0.6 is 0 Å². The normalized spacial score (nSPS) is 29.2. The first kappa shape index (κ1) is 15.9. The quantitative estimate of drug-likeness (QED) is 0.655. The molecule has 25 heavy (non-hydrogen) atoms. The number of hydrogen-bond donors (Lipinski definition) is 1. The van der Waals surface area contributed by atoms with Gasteiger partial charge in [0.15, 0.2) is 0 Å². The number of nitrogens with zero attached hydrogens (tertiary/aromatic N) is 1. The second-order valence-corrected chi connectivity index (χ2v) is 6.83. The van der Waals surface area contributed by atoms with Crippen molar-refractivity contribution in [2.75, 3.05) is 19.0 Å². The van der Waals surface area contributed by atoms with E-state index in [0.29, 0.717) is 11.4 Å². The monoisotopic (exact) mass is 340 g/mol. The molecule has 0 spiro atoms. The SMILES string of the molecule is COc1ccccc1NC(=O)CCN1C(=O)[C@@H]2[C@@H](C1=O)[C@H]1C=C[C@@H]2C1. The van der Waals surface area contributed by atoms with Crippen molar-refractivity contribution in [3.8, 4) is 5.75 Å². The van der Waals surface area contributed by atoms with Crippen LogP contribution in [0.2, 0.25) is 0 Å². The van der Waals surface area contributed by atoms with E-state index in [1.807, 2.05) is 6.07 Å². The molecule has 1 aromatic rings. The molecule has 1 aliphatic heterocycles. The number of fused-ring (bicyclic) bond motifs is 5. The molecule has 4 rings (SSSR count). The Balaban J connectivity index is 1.38. The number of rotatable bonds is 5. The third-order valence-electron chi connectivity index (χ3n) is 5.51. The summed E-state index contributed by atoms with van der Waals surface area (Å²) < 4.78 is 5.20. The summed E-state index contributed by atoms with van der Waals surface area (Å²) in [5.74, 6) is 0.0655. The minimum atomic E-state index is -0.247. The van der Waals surface area contributed by atoms with Gasteiger partial charge in [-0.25, -0.2) is 0 Å². The molecular weight excluding hydrogens is 320 g/mol. The maximum Gasteiger partial charge on any atom is 0.233 e. The van der Waals surface area contributed by atoms with Crippen molar-refractivity contribution in [1.82, 2.24) is 4.90 Å². The molecule has 1 heterocycles. The molecule has 2 bridgehead atoms. The Hall–Kier alpha value is -2.63. The van der Waals surface area contributed by atoms with Crippen LogP contribution in [-0.4, -0.2) is 36.3 Å². The second-order valence-electron chi connectivity index (χ2n) is 6.83. The molecule has 0 radical (unpaired) electrons. The number of ether oxygens (including phenoxy) is 1. The average molecular weight is 340 g/mol. The first-order valence-electron chi connectivity index (χ1n) is 8.56. The van der Waals surface area contributed by atoms with Gasteiger partial charge in [0.25, 0.3) is 0 Å². The van der Waals surface area contributed by atoms with Crippen LogP contribution in [-0.2, 0) is 14.4 Å². The molecule has 0 aromatic heterocycles. The van der Waals surface area contributed by atoms with E-state index in [1.165, 1.54) is 12.0 Å². The second kappa shape index (κ2) is 6.02. The number of carbonyl (C=O) groups is 3. The third kappa shape index (κ3) is 2.52. The minimum Gasteiger partial charge on any atom is -0.495 e. The van der Waals surface area contributed by atoms with Gasteiger partial charge < -0.3 is 10.1 Å². The highest BCUT2D eigenvalue weighted by Crippen LogP contribution is 2.52. The molecule has 1 aromatic carbocycles. The number of methoxy groups -OCH3 is 1. The smallest absolute Gasteiger partial charge is 0.233 e. The number of benzene rings is 1. The molecular formula is C19H20N2O4. The van der Waals surface area contributed by atoms with Crippen LogP contribution in [0.3, 0.4) is 0 Å². The highest BCUT2D eigenvalue weighted by molar-refractivity contribution is 6.06. The Morgan fingerprint density at radius 3 is 2.44 bits per heavy atom. The fourth-order valence-corrected chi connectivity index (χ4v) is 4.36. The Morgan fingerprint density at radius 1 is 1.16 bits per heavy atom. The van der Waals surface area contributed by atoms with Crippen LogP contribution in [0.25, 0.3) is 0 Å². The van der Waals surface area contributed by atoms with E-state index in [0.717, 1.165) is 6.42 Å². The van der Waals surface area contributed by atoms with Gasteiger partial charge in [-0.2, -0.15) is 0 Å². The van der Waals surface area contributed by atoms with Crippen LogP contribution in [0.15, 0.2) is 36.4 Å². The number of imide groups is 1. The molecule has 4 atom stereocenters. The predicted octanol–water partition coefficient (Wildman–Crippen LogP) is 1.83. The van der Waals surface area contributed by atoms with Crippen LogP contribution in [0.1, 0.15) is 12.8 Å². The summed E-state index contributed by atoms with van der Waals surface area (Å²) in [6.07, 6.45) is 5.12. The molecule has 130 valence electrons. The highest BCUT2D eigenvalue weighted by Gasteiger charge is 2.58. The van der Waals surface area contributed by atoms with Crippen LogP contribution in [0.5, 0.6) is 5.75 Å². The number of anilines is 1. The lowest BCUT2D eigenvalue weighted by Crippen LogP contribution is -2.35. The molecule has 0 unspecified atom stereocenters. The van der Waals surface area contributed by atoms with Gasteiger partial charge in [-0.3, -0.25) is 19.3 Å². The summed E-state index contributed by atoms with van der Waals surface area (Å²) in [7, 11) is 1.54. The number of para-hydroxylation sites is 2. The fourth-order valence-electron chi connectivity index (χ4n) is 4.36. The Morgan fingerprint density at radius 2 is 1.80 bits per heavy atom. The number of allylic oxidation sites excluding steroid dienone is 2. The summed E-state index contributed by atoms with van der Waals surface area (Å²) in [6.45, 7) is 0.130. The lowest BCUT2D eigenvalue weighted by atomic mass is 9.85. The minimum absolute atomic E-state index is 0.0811. The topological polar surface area (TPSA) is 75.7 Å². The fraction of sp³-hybridized carbons (Fsp3) is 0.421. The van der Waals surface area contributed by atoms with Gasteiger partial charge >= 0.3 is 0 Å². The van der Waals surface area contributed by atoms with Crippen molar-refractivity contribution < 1.29 is 19.1 Å². The summed E-state index contributed by atoms with van der Waals surface area (Å²) in [4.78, 5) is 38.6. The van der Waals surface area contributed by atoms with Crippen molar-refractivity contribution in [3.63, 3.8) is 0 Å². The predicted molar refractivity (Wildman–Crippen MR) is 90.7 cm³/mol.